The predicted molar refractivity (Wildman–Crippen MR) is 87.5 cm³/mol. The van der Waals surface area contributed by atoms with Gasteiger partial charge in [0, 0.05) is 36.6 Å². The average molecular weight is 351 g/mol. The van der Waals surface area contributed by atoms with Gasteiger partial charge in [-0.1, -0.05) is 0 Å². The van der Waals surface area contributed by atoms with Crippen LogP contribution in [-0.2, 0) is 14.8 Å². The third kappa shape index (κ3) is 2.93. The number of sulfonamides is 1. The minimum absolute atomic E-state index is 0.0798. The molecule has 128 valence electrons. The van der Waals surface area contributed by atoms with Crippen LogP contribution in [0.25, 0.3) is 10.9 Å². The Kier molecular flexibility index (Phi) is 4.16. The number of pyridine rings is 1. The smallest absolute Gasteiger partial charge is 0.322 e. The minimum Gasteiger partial charge on any atom is -0.480 e. The van der Waals surface area contributed by atoms with E-state index in [9.17, 15) is 18.0 Å². The number of carboxylic acid groups (broad SMARTS) is 1. The predicted octanol–water partition coefficient (Wildman–Crippen LogP) is -0.116. The molecule has 3 N–H and O–H groups in total. The molecule has 24 heavy (non-hydrogen) atoms. The van der Waals surface area contributed by atoms with Crippen LogP contribution in [0.1, 0.15) is 5.56 Å². The number of nitrogens with zero attached hydrogens (tertiary/aromatic N) is 1. The van der Waals surface area contributed by atoms with Crippen molar-refractivity contribution in [3.8, 4) is 0 Å². The van der Waals surface area contributed by atoms with Crippen molar-refractivity contribution in [1.82, 2.24) is 14.6 Å². The van der Waals surface area contributed by atoms with E-state index in [1.54, 1.807) is 13.0 Å². The van der Waals surface area contributed by atoms with Crippen molar-refractivity contribution >= 4 is 26.9 Å². The van der Waals surface area contributed by atoms with Crippen molar-refractivity contribution < 1.29 is 18.3 Å². The van der Waals surface area contributed by atoms with Crippen molar-refractivity contribution in [1.29, 1.82) is 0 Å². The first kappa shape index (κ1) is 16.6. The third-order valence-electron chi connectivity index (χ3n) is 4.10. The van der Waals surface area contributed by atoms with Gasteiger partial charge >= 0.3 is 5.97 Å². The first-order valence-electron chi connectivity index (χ1n) is 7.39. The van der Waals surface area contributed by atoms with Gasteiger partial charge in [0.05, 0.1) is 4.90 Å². The summed E-state index contributed by atoms with van der Waals surface area (Å²) in [7, 11) is -3.81. The van der Waals surface area contributed by atoms with Gasteiger partial charge in [0.25, 0.3) is 0 Å². The zero-order chi connectivity index (χ0) is 17.5. The van der Waals surface area contributed by atoms with Gasteiger partial charge in [-0.2, -0.15) is 4.31 Å². The fourth-order valence-corrected chi connectivity index (χ4v) is 4.30. The van der Waals surface area contributed by atoms with Crippen molar-refractivity contribution in [2.45, 2.75) is 17.9 Å². The van der Waals surface area contributed by atoms with Crippen LogP contribution in [-0.4, -0.2) is 54.5 Å². The van der Waals surface area contributed by atoms with Crippen LogP contribution < -0.4 is 10.9 Å². The fraction of sp³-hybridized carbons (Fsp3) is 0.333. The molecule has 1 aromatic carbocycles. The number of hydrogen-bond acceptors (Lipinski definition) is 5. The van der Waals surface area contributed by atoms with Crippen LogP contribution in [0.15, 0.2) is 34.0 Å². The maximum absolute atomic E-state index is 12.8. The molecular weight excluding hydrogens is 334 g/mol. The molecule has 1 aromatic heterocycles. The van der Waals surface area contributed by atoms with Crippen LogP contribution in [0.2, 0.25) is 0 Å². The molecule has 1 aliphatic rings. The Morgan fingerprint density at radius 2 is 2.08 bits per heavy atom. The maximum Gasteiger partial charge on any atom is 0.322 e. The fourth-order valence-electron chi connectivity index (χ4n) is 2.82. The summed E-state index contributed by atoms with van der Waals surface area (Å²) >= 11 is 0. The van der Waals surface area contributed by atoms with Crippen LogP contribution in [0, 0.1) is 6.92 Å². The molecule has 0 radical (unpaired) electrons. The number of H-pyrrole nitrogens is 1. The maximum atomic E-state index is 12.8. The lowest BCUT2D eigenvalue weighted by Gasteiger charge is -2.30. The largest absolute Gasteiger partial charge is 0.480 e. The lowest BCUT2D eigenvalue weighted by Crippen LogP contribution is -2.55. The monoisotopic (exact) mass is 351 g/mol. The molecule has 8 nitrogen and oxygen atoms in total. The summed E-state index contributed by atoms with van der Waals surface area (Å²) in [5, 5.41) is 12.5. The van der Waals surface area contributed by atoms with Gasteiger partial charge in [0.2, 0.25) is 15.6 Å². The summed E-state index contributed by atoms with van der Waals surface area (Å²) in [5.74, 6) is -1.08. The minimum atomic E-state index is -3.81. The molecule has 1 unspecified atom stereocenters. The molecule has 0 aliphatic carbocycles. The highest BCUT2D eigenvalue weighted by Crippen LogP contribution is 2.23. The number of benzene rings is 1. The highest BCUT2D eigenvalue weighted by atomic mass is 32.2. The van der Waals surface area contributed by atoms with E-state index in [4.69, 9.17) is 5.11 Å². The molecular formula is C15H17N3O5S. The summed E-state index contributed by atoms with van der Waals surface area (Å²) in [6.45, 7) is 2.09. The van der Waals surface area contributed by atoms with Crippen molar-refractivity contribution in [2.24, 2.45) is 0 Å². The van der Waals surface area contributed by atoms with Crippen LogP contribution >= 0.6 is 0 Å². The van der Waals surface area contributed by atoms with E-state index >= 15 is 0 Å². The second-order valence-corrected chi connectivity index (χ2v) is 7.67. The van der Waals surface area contributed by atoms with Crippen LogP contribution in [0.4, 0.5) is 0 Å². The molecule has 1 aliphatic heterocycles. The van der Waals surface area contributed by atoms with Crippen molar-refractivity contribution in [3.05, 3.63) is 40.2 Å². The molecule has 3 rings (SSSR count). The Balaban J connectivity index is 2.02. The van der Waals surface area contributed by atoms with Gasteiger partial charge in [0.15, 0.2) is 0 Å². The molecule has 9 heteroatoms. The summed E-state index contributed by atoms with van der Waals surface area (Å²) in [6.07, 6.45) is 0. The first-order chi connectivity index (χ1) is 11.3. The van der Waals surface area contributed by atoms with Gasteiger partial charge in [-0.25, -0.2) is 8.42 Å². The standard InChI is InChI=1S/C15H17N3O5S/c1-9-6-14(19)17-12-3-2-10(7-11(9)12)24(22,23)18-5-4-16-13(8-18)15(20)21/h2-3,6-7,13,16H,4-5,8H2,1H3,(H,17,19)(H,20,21). The topological polar surface area (TPSA) is 120 Å². The summed E-state index contributed by atoms with van der Waals surface area (Å²) in [5.41, 5.74) is 0.985. The molecule has 0 spiro atoms. The highest BCUT2D eigenvalue weighted by Gasteiger charge is 2.33. The number of carbonyl (C=O) groups is 1. The quantitative estimate of drug-likeness (QED) is 0.709. The second kappa shape index (κ2) is 6.00. The molecule has 1 saturated heterocycles. The number of fused-ring (bicyclic) bond motifs is 1. The third-order valence-corrected chi connectivity index (χ3v) is 5.96. The van der Waals surface area contributed by atoms with E-state index in [0.717, 1.165) is 0 Å². The van der Waals surface area contributed by atoms with Gasteiger partial charge in [-0.05, 0) is 30.7 Å². The zero-order valence-corrected chi connectivity index (χ0v) is 13.8. The Labute approximate surface area is 138 Å². The number of aliphatic carboxylic acids is 1. The van der Waals surface area contributed by atoms with E-state index in [-0.39, 0.29) is 30.1 Å². The number of hydrogen-bond donors (Lipinski definition) is 3. The number of piperazine rings is 1. The lowest BCUT2D eigenvalue weighted by molar-refractivity contribution is -0.140. The van der Waals surface area contributed by atoms with E-state index in [1.165, 1.54) is 22.5 Å². The van der Waals surface area contributed by atoms with Crippen LogP contribution in [0.5, 0.6) is 0 Å². The molecule has 0 saturated carbocycles. The Hall–Kier alpha value is -2.23. The lowest BCUT2D eigenvalue weighted by atomic mass is 10.1. The van der Waals surface area contributed by atoms with Crippen LogP contribution in [0.3, 0.4) is 0 Å². The zero-order valence-electron chi connectivity index (χ0n) is 12.9. The van der Waals surface area contributed by atoms with Crippen molar-refractivity contribution in [2.75, 3.05) is 19.6 Å². The number of nitrogens with one attached hydrogen (secondary N) is 2. The van der Waals surface area contributed by atoms with E-state index in [1.807, 2.05) is 0 Å². The highest BCUT2D eigenvalue weighted by molar-refractivity contribution is 7.89. The Bertz CT molecular complexity index is 967. The second-order valence-electron chi connectivity index (χ2n) is 5.73. The average Bonchev–Trinajstić information content (AvgIpc) is 2.54. The van der Waals surface area contributed by atoms with Gasteiger partial charge in [0.1, 0.15) is 6.04 Å². The number of aromatic amines is 1. The number of rotatable bonds is 3. The summed E-state index contributed by atoms with van der Waals surface area (Å²) in [6, 6.07) is 4.96. The van der Waals surface area contributed by atoms with E-state index in [0.29, 0.717) is 16.5 Å². The van der Waals surface area contributed by atoms with Gasteiger partial charge in [-0.3, -0.25) is 9.59 Å². The molecule has 1 atom stereocenters. The normalized spacial score (nSPS) is 19.5. The molecule has 2 heterocycles. The molecule has 1 fully saturated rings. The molecule has 0 amide bonds. The van der Waals surface area contributed by atoms with Gasteiger partial charge in [-0.15, -0.1) is 0 Å². The van der Waals surface area contributed by atoms with Gasteiger partial charge < -0.3 is 15.4 Å². The Morgan fingerprint density at radius 1 is 1.33 bits per heavy atom. The number of aromatic nitrogens is 1. The van der Waals surface area contributed by atoms with E-state index in [2.05, 4.69) is 10.3 Å². The number of carboxylic acids is 1. The Morgan fingerprint density at radius 3 is 2.79 bits per heavy atom. The van der Waals surface area contributed by atoms with E-state index < -0.39 is 22.0 Å². The number of aryl methyl sites for hydroxylation is 1. The molecule has 2 aromatic rings. The summed E-state index contributed by atoms with van der Waals surface area (Å²) < 4.78 is 26.8. The SMILES string of the molecule is Cc1cc(=O)[nH]c2ccc(S(=O)(=O)N3CCNC(C(=O)O)C3)cc12. The summed E-state index contributed by atoms with van der Waals surface area (Å²) in [4.78, 5) is 25.3. The first-order valence-corrected chi connectivity index (χ1v) is 8.83. The van der Waals surface area contributed by atoms with Crippen molar-refractivity contribution in [3.63, 3.8) is 0 Å². The molecule has 0 bridgehead atoms.